The number of carbonyl (C=O) groups excluding carboxylic acids is 2. The minimum absolute atomic E-state index is 0.236. The lowest BCUT2D eigenvalue weighted by molar-refractivity contribution is -0.111. The molecule has 1 N–H and O–H groups in total. The van der Waals surface area contributed by atoms with E-state index >= 15 is 0 Å². The molecule has 0 radical (unpaired) electrons. The van der Waals surface area contributed by atoms with Crippen LogP contribution < -0.4 is 5.32 Å². The second-order valence-electron chi connectivity index (χ2n) is 3.59. The first-order valence-electron chi connectivity index (χ1n) is 5.09. The highest BCUT2D eigenvalue weighted by Gasteiger charge is 2.17. The molecular formula is C10H13Cl2N3O2. The largest absolute Gasteiger partial charge is 0.351 e. The number of carbonyl (C=O) groups is 2. The van der Waals surface area contributed by atoms with Crippen molar-refractivity contribution in [2.24, 2.45) is 7.05 Å². The molecule has 0 saturated carbocycles. The van der Waals surface area contributed by atoms with E-state index in [4.69, 9.17) is 23.2 Å². The monoisotopic (exact) mass is 277 g/mol. The van der Waals surface area contributed by atoms with Gasteiger partial charge in [-0.05, 0) is 24.9 Å². The van der Waals surface area contributed by atoms with Crippen molar-refractivity contribution in [3.8, 4) is 0 Å². The van der Waals surface area contributed by atoms with Gasteiger partial charge in [0.2, 0.25) is 5.24 Å². The van der Waals surface area contributed by atoms with Crippen molar-refractivity contribution in [3.63, 3.8) is 0 Å². The van der Waals surface area contributed by atoms with Crippen molar-refractivity contribution in [1.29, 1.82) is 0 Å². The highest BCUT2D eigenvalue weighted by molar-refractivity contribution is 6.63. The first-order valence-corrected chi connectivity index (χ1v) is 5.84. The van der Waals surface area contributed by atoms with Crippen LogP contribution in [0.25, 0.3) is 0 Å². The van der Waals surface area contributed by atoms with Crippen LogP contribution in [-0.2, 0) is 11.8 Å². The number of aryl methyl sites for hydroxylation is 2. The summed E-state index contributed by atoms with van der Waals surface area (Å²) in [5.41, 5.74) is 0.927. The van der Waals surface area contributed by atoms with Crippen LogP contribution in [0.5, 0.6) is 0 Å². The minimum Gasteiger partial charge on any atom is -0.351 e. The number of hydrogen-bond donors (Lipinski definition) is 1. The maximum absolute atomic E-state index is 11.8. The smallest absolute Gasteiger partial charge is 0.271 e. The van der Waals surface area contributed by atoms with E-state index in [1.165, 1.54) is 4.68 Å². The van der Waals surface area contributed by atoms with Crippen LogP contribution in [0.1, 0.15) is 29.0 Å². The summed E-state index contributed by atoms with van der Waals surface area (Å²) in [6.07, 6.45) is 0.739. The van der Waals surface area contributed by atoms with Crippen LogP contribution in [0.15, 0.2) is 0 Å². The predicted octanol–water partition coefficient (Wildman–Crippen LogP) is 1.66. The van der Waals surface area contributed by atoms with Crippen LogP contribution in [0.3, 0.4) is 0 Å². The maximum Gasteiger partial charge on any atom is 0.271 e. The molecule has 1 rings (SSSR count). The molecule has 1 amide bonds. The fraction of sp³-hybridized carbons (Fsp3) is 0.500. The van der Waals surface area contributed by atoms with Crippen molar-refractivity contribution in [2.75, 3.05) is 6.54 Å². The van der Waals surface area contributed by atoms with Crippen molar-refractivity contribution in [1.82, 2.24) is 15.1 Å². The Labute approximate surface area is 109 Å². The van der Waals surface area contributed by atoms with Crippen LogP contribution in [0, 0.1) is 6.92 Å². The Morgan fingerprint density at radius 3 is 2.59 bits per heavy atom. The standard InChI is InChI=1S/C10H13Cl2N3O2/c1-6-8(12)9(15(2)14-6)10(17)13-5-3-4-7(11)16/h3-5H2,1-2H3,(H,13,17). The van der Waals surface area contributed by atoms with Crippen molar-refractivity contribution in [3.05, 3.63) is 16.4 Å². The fourth-order valence-corrected chi connectivity index (χ4v) is 1.77. The molecule has 17 heavy (non-hydrogen) atoms. The Balaban J connectivity index is 2.55. The summed E-state index contributed by atoms with van der Waals surface area (Å²) in [7, 11) is 1.65. The summed E-state index contributed by atoms with van der Waals surface area (Å²) in [5, 5.41) is 6.63. The topological polar surface area (TPSA) is 64.0 Å². The zero-order valence-electron chi connectivity index (χ0n) is 9.59. The maximum atomic E-state index is 11.8. The van der Waals surface area contributed by atoms with Gasteiger partial charge >= 0.3 is 0 Å². The molecule has 0 unspecified atom stereocenters. The molecule has 5 nitrogen and oxygen atoms in total. The van der Waals surface area contributed by atoms with Crippen molar-refractivity contribution in [2.45, 2.75) is 19.8 Å². The Bertz CT molecular complexity index is 443. The molecule has 0 fully saturated rings. The third-order valence-electron chi connectivity index (χ3n) is 2.20. The van der Waals surface area contributed by atoms with Gasteiger partial charge in [0, 0.05) is 20.0 Å². The number of aromatic nitrogens is 2. The van der Waals surface area contributed by atoms with Gasteiger partial charge in [-0.15, -0.1) is 0 Å². The number of amides is 1. The van der Waals surface area contributed by atoms with Crippen LogP contribution in [-0.4, -0.2) is 27.5 Å². The number of hydrogen-bond acceptors (Lipinski definition) is 3. The quantitative estimate of drug-likeness (QED) is 0.658. The van der Waals surface area contributed by atoms with Gasteiger partial charge in [-0.1, -0.05) is 11.6 Å². The third-order valence-corrected chi connectivity index (χ3v) is 2.84. The van der Waals surface area contributed by atoms with Gasteiger partial charge in [0.1, 0.15) is 5.69 Å². The number of nitrogens with zero attached hydrogens (tertiary/aromatic N) is 2. The second kappa shape index (κ2) is 6.02. The third kappa shape index (κ3) is 3.71. The molecule has 94 valence electrons. The van der Waals surface area contributed by atoms with E-state index in [0.29, 0.717) is 29.4 Å². The molecular weight excluding hydrogens is 265 g/mol. The van der Waals surface area contributed by atoms with E-state index in [2.05, 4.69) is 10.4 Å². The van der Waals surface area contributed by atoms with E-state index in [0.717, 1.165) is 0 Å². The van der Waals surface area contributed by atoms with E-state index in [-0.39, 0.29) is 12.3 Å². The van der Waals surface area contributed by atoms with E-state index < -0.39 is 5.24 Å². The molecule has 0 aliphatic carbocycles. The molecule has 0 aliphatic heterocycles. The van der Waals surface area contributed by atoms with Gasteiger partial charge < -0.3 is 5.32 Å². The Hall–Kier alpha value is -1.07. The second-order valence-corrected chi connectivity index (χ2v) is 4.39. The lowest BCUT2D eigenvalue weighted by Gasteiger charge is -2.04. The SMILES string of the molecule is Cc1nn(C)c(C(=O)NCCCC(=O)Cl)c1Cl. The Kier molecular flexibility index (Phi) is 4.96. The molecule has 0 spiro atoms. The molecule has 1 aromatic heterocycles. The van der Waals surface area contributed by atoms with Gasteiger partial charge in [0.05, 0.1) is 10.7 Å². The Morgan fingerprint density at radius 1 is 1.47 bits per heavy atom. The average Bonchev–Trinajstić information content (AvgIpc) is 2.48. The van der Waals surface area contributed by atoms with Crippen LogP contribution >= 0.6 is 23.2 Å². The zero-order chi connectivity index (χ0) is 13.0. The first kappa shape index (κ1) is 14.0. The highest BCUT2D eigenvalue weighted by Crippen LogP contribution is 2.18. The summed E-state index contributed by atoms with van der Waals surface area (Å²) in [6, 6.07) is 0. The first-order chi connectivity index (χ1) is 7.93. The number of nitrogens with one attached hydrogen (secondary N) is 1. The summed E-state index contributed by atoms with van der Waals surface area (Å²) in [6.45, 7) is 2.10. The van der Waals surface area contributed by atoms with Crippen molar-refractivity contribution < 1.29 is 9.59 Å². The lowest BCUT2D eigenvalue weighted by Crippen LogP contribution is -2.27. The average molecular weight is 278 g/mol. The molecule has 7 heteroatoms. The molecule has 1 aromatic rings. The van der Waals surface area contributed by atoms with E-state index in [1.807, 2.05) is 0 Å². The van der Waals surface area contributed by atoms with E-state index in [9.17, 15) is 9.59 Å². The minimum atomic E-state index is -0.409. The molecule has 0 bridgehead atoms. The summed E-state index contributed by atoms with van der Waals surface area (Å²) >= 11 is 11.1. The lowest BCUT2D eigenvalue weighted by atomic mass is 10.3. The summed E-state index contributed by atoms with van der Waals surface area (Å²) < 4.78 is 1.43. The van der Waals surface area contributed by atoms with Gasteiger partial charge in [-0.3, -0.25) is 14.3 Å². The molecule has 1 heterocycles. The van der Waals surface area contributed by atoms with Crippen LogP contribution in [0.4, 0.5) is 0 Å². The predicted molar refractivity (Wildman–Crippen MR) is 65.4 cm³/mol. The Morgan fingerprint density at radius 2 is 2.12 bits per heavy atom. The number of halogens is 2. The highest BCUT2D eigenvalue weighted by atomic mass is 35.5. The zero-order valence-corrected chi connectivity index (χ0v) is 11.1. The fourth-order valence-electron chi connectivity index (χ4n) is 1.39. The van der Waals surface area contributed by atoms with E-state index in [1.54, 1.807) is 14.0 Å². The summed E-state index contributed by atoms with van der Waals surface area (Å²) in [4.78, 5) is 22.3. The number of rotatable bonds is 5. The van der Waals surface area contributed by atoms with Gasteiger partial charge in [0.25, 0.3) is 5.91 Å². The molecule has 0 atom stereocenters. The van der Waals surface area contributed by atoms with Gasteiger partial charge in [0.15, 0.2) is 0 Å². The molecule has 0 saturated heterocycles. The van der Waals surface area contributed by atoms with Gasteiger partial charge in [-0.2, -0.15) is 5.10 Å². The molecule has 0 aliphatic rings. The normalized spacial score (nSPS) is 10.4. The van der Waals surface area contributed by atoms with Crippen LogP contribution in [0.2, 0.25) is 5.02 Å². The van der Waals surface area contributed by atoms with Crippen molar-refractivity contribution >= 4 is 34.4 Å². The summed E-state index contributed by atoms with van der Waals surface area (Å²) in [5.74, 6) is -0.305. The molecule has 0 aromatic carbocycles. The van der Waals surface area contributed by atoms with Gasteiger partial charge in [-0.25, -0.2) is 0 Å².